The van der Waals surface area contributed by atoms with E-state index in [2.05, 4.69) is 4.90 Å². The van der Waals surface area contributed by atoms with Gasteiger partial charge >= 0.3 is 0 Å². The molecule has 4 rings (SSSR count). The Bertz CT molecular complexity index is 356. The van der Waals surface area contributed by atoms with Crippen LogP contribution < -0.4 is 5.73 Å². The summed E-state index contributed by atoms with van der Waals surface area (Å²) in [6.07, 6.45) is 8.88. The standard InChI is InChI=1S/C15H26N2O/c16-9-14(8-11-1-2-12(14)7-11)15(18)5-6-17(10-15)13-3-4-13/h11-13,18H,1-10,16H2. The van der Waals surface area contributed by atoms with E-state index in [0.29, 0.717) is 12.5 Å². The highest BCUT2D eigenvalue weighted by Crippen LogP contribution is 2.61. The molecule has 18 heavy (non-hydrogen) atoms. The van der Waals surface area contributed by atoms with Gasteiger partial charge < -0.3 is 10.8 Å². The Morgan fingerprint density at radius 2 is 2.06 bits per heavy atom. The fourth-order valence-corrected chi connectivity index (χ4v) is 5.43. The van der Waals surface area contributed by atoms with Crippen LogP contribution in [0.5, 0.6) is 0 Å². The molecular formula is C15H26N2O. The van der Waals surface area contributed by atoms with E-state index < -0.39 is 5.60 Å². The fourth-order valence-electron chi connectivity index (χ4n) is 5.43. The van der Waals surface area contributed by atoms with Crippen molar-refractivity contribution in [2.24, 2.45) is 23.0 Å². The second-order valence-corrected chi connectivity index (χ2v) is 7.42. The van der Waals surface area contributed by atoms with Crippen LogP contribution in [-0.4, -0.2) is 41.3 Å². The molecule has 0 radical (unpaired) electrons. The van der Waals surface area contributed by atoms with Crippen molar-refractivity contribution in [3.63, 3.8) is 0 Å². The molecule has 3 N–H and O–H groups in total. The summed E-state index contributed by atoms with van der Waals surface area (Å²) < 4.78 is 0. The van der Waals surface area contributed by atoms with Crippen LogP contribution in [0, 0.1) is 17.3 Å². The van der Waals surface area contributed by atoms with Gasteiger partial charge in [0.25, 0.3) is 0 Å². The first kappa shape index (κ1) is 11.7. The Morgan fingerprint density at radius 1 is 1.22 bits per heavy atom. The molecule has 1 saturated heterocycles. The van der Waals surface area contributed by atoms with E-state index in [-0.39, 0.29) is 5.41 Å². The highest BCUT2D eigenvalue weighted by atomic mass is 16.3. The average Bonchev–Trinajstić information content (AvgIpc) is 2.85. The number of nitrogens with zero attached hydrogens (tertiary/aromatic N) is 1. The first-order valence-corrected chi connectivity index (χ1v) is 7.83. The van der Waals surface area contributed by atoms with Gasteiger partial charge in [0.05, 0.1) is 5.60 Å². The van der Waals surface area contributed by atoms with E-state index in [1.807, 2.05) is 0 Å². The maximum absolute atomic E-state index is 11.3. The number of hydrogen-bond donors (Lipinski definition) is 2. The molecule has 0 aromatic heterocycles. The maximum Gasteiger partial charge on any atom is 0.0856 e. The average molecular weight is 250 g/mol. The number of rotatable bonds is 3. The van der Waals surface area contributed by atoms with Crippen molar-refractivity contribution >= 4 is 0 Å². The number of hydrogen-bond acceptors (Lipinski definition) is 3. The predicted octanol–water partition coefficient (Wildman–Crippen LogP) is 1.35. The van der Waals surface area contributed by atoms with E-state index in [9.17, 15) is 5.11 Å². The Kier molecular flexibility index (Phi) is 2.41. The second kappa shape index (κ2) is 3.71. The first-order chi connectivity index (χ1) is 8.67. The largest absolute Gasteiger partial charge is 0.388 e. The van der Waals surface area contributed by atoms with Gasteiger partial charge in [0, 0.05) is 31.1 Å². The molecule has 3 heteroatoms. The van der Waals surface area contributed by atoms with Crippen LogP contribution in [0.25, 0.3) is 0 Å². The van der Waals surface area contributed by atoms with Crippen LogP contribution in [0.1, 0.15) is 44.9 Å². The SMILES string of the molecule is NCC1(C2(O)CCN(C3CC3)C2)CC2CCC1C2. The van der Waals surface area contributed by atoms with Crippen molar-refractivity contribution in [3.05, 3.63) is 0 Å². The van der Waals surface area contributed by atoms with Crippen LogP contribution in [0.4, 0.5) is 0 Å². The summed E-state index contributed by atoms with van der Waals surface area (Å²) in [6.45, 7) is 2.70. The topological polar surface area (TPSA) is 49.5 Å². The van der Waals surface area contributed by atoms with Gasteiger partial charge in [0.1, 0.15) is 0 Å². The number of fused-ring (bicyclic) bond motifs is 2. The minimum atomic E-state index is -0.482. The van der Waals surface area contributed by atoms with Crippen molar-refractivity contribution in [3.8, 4) is 0 Å². The highest BCUT2D eigenvalue weighted by Gasteiger charge is 2.62. The minimum absolute atomic E-state index is 0.0551. The summed E-state index contributed by atoms with van der Waals surface area (Å²) in [4.78, 5) is 2.53. The molecule has 102 valence electrons. The molecule has 1 aliphatic heterocycles. The number of β-amino-alcohol motifs (C(OH)–C–C–N with tert-alkyl or cyclic N) is 1. The van der Waals surface area contributed by atoms with Crippen LogP contribution in [0.2, 0.25) is 0 Å². The third-order valence-electron chi connectivity index (χ3n) is 6.61. The van der Waals surface area contributed by atoms with Crippen LogP contribution in [0.15, 0.2) is 0 Å². The Morgan fingerprint density at radius 3 is 2.61 bits per heavy atom. The lowest BCUT2D eigenvalue weighted by Crippen LogP contribution is -2.57. The zero-order chi connectivity index (χ0) is 12.4. The number of likely N-dealkylation sites (tertiary alicyclic amines) is 1. The lowest BCUT2D eigenvalue weighted by atomic mass is 9.62. The zero-order valence-corrected chi connectivity index (χ0v) is 11.3. The number of nitrogens with two attached hydrogens (primary N) is 1. The van der Waals surface area contributed by atoms with Gasteiger partial charge in [-0.3, -0.25) is 4.90 Å². The van der Waals surface area contributed by atoms with Gasteiger partial charge in [-0.1, -0.05) is 6.42 Å². The van der Waals surface area contributed by atoms with Gasteiger partial charge in [-0.05, 0) is 50.4 Å². The van der Waals surface area contributed by atoms with E-state index in [0.717, 1.165) is 31.5 Å². The fraction of sp³-hybridized carbons (Fsp3) is 1.00. The summed E-state index contributed by atoms with van der Waals surface area (Å²) in [7, 11) is 0. The monoisotopic (exact) mass is 250 g/mol. The zero-order valence-electron chi connectivity index (χ0n) is 11.3. The van der Waals surface area contributed by atoms with Crippen LogP contribution in [-0.2, 0) is 0 Å². The third-order valence-corrected chi connectivity index (χ3v) is 6.61. The molecule has 3 aliphatic carbocycles. The Balaban J connectivity index is 1.60. The van der Waals surface area contributed by atoms with E-state index in [1.165, 1.54) is 38.5 Å². The lowest BCUT2D eigenvalue weighted by molar-refractivity contribution is -0.101. The van der Waals surface area contributed by atoms with Crippen molar-refractivity contribution in [1.82, 2.24) is 4.90 Å². The highest BCUT2D eigenvalue weighted by molar-refractivity contribution is 5.14. The van der Waals surface area contributed by atoms with E-state index >= 15 is 0 Å². The molecule has 0 aromatic rings. The molecule has 4 fully saturated rings. The summed E-state index contributed by atoms with van der Waals surface area (Å²) >= 11 is 0. The van der Waals surface area contributed by atoms with Gasteiger partial charge in [-0.15, -0.1) is 0 Å². The minimum Gasteiger partial charge on any atom is -0.388 e. The molecular weight excluding hydrogens is 224 g/mol. The maximum atomic E-state index is 11.3. The summed E-state index contributed by atoms with van der Waals surface area (Å²) in [5, 5.41) is 11.3. The molecule has 4 atom stereocenters. The van der Waals surface area contributed by atoms with Crippen molar-refractivity contribution in [2.45, 2.75) is 56.6 Å². The van der Waals surface area contributed by atoms with Crippen LogP contribution in [0.3, 0.4) is 0 Å². The van der Waals surface area contributed by atoms with Crippen LogP contribution >= 0.6 is 0 Å². The van der Waals surface area contributed by atoms with Gasteiger partial charge in [-0.2, -0.15) is 0 Å². The normalized spacial score (nSPS) is 52.3. The molecule has 1 heterocycles. The summed E-state index contributed by atoms with van der Waals surface area (Å²) in [5.41, 5.74) is 5.75. The molecule has 4 aliphatic rings. The van der Waals surface area contributed by atoms with E-state index in [1.54, 1.807) is 0 Å². The van der Waals surface area contributed by atoms with E-state index in [4.69, 9.17) is 5.73 Å². The molecule has 4 unspecified atom stereocenters. The van der Waals surface area contributed by atoms with Crippen molar-refractivity contribution in [1.29, 1.82) is 0 Å². The molecule has 0 aromatic carbocycles. The molecule has 3 saturated carbocycles. The lowest BCUT2D eigenvalue weighted by Gasteiger charge is -2.48. The quantitative estimate of drug-likeness (QED) is 0.795. The molecule has 0 amide bonds. The number of aliphatic hydroxyl groups is 1. The smallest absolute Gasteiger partial charge is 0.0856 e. The van der Waals surface area contributed by atoms with Crippen molar-refractivity contribution in [2.75, 3.05) is 19.6 Å². The third kappa shape index (κ3) is 1.41. The summed E-state index contributed by atoms with van der Waals surface area (Å²) in [5.74, 6) is 1.56. The second-order valence-electron chi connectivity index (χ2n) is 7.42. The molecule has 0 spiro atoms. The van der Waals surface area contributed by atoms with Gasteiger partial charge in [0.2, 0.25) is 0 Å². The van der Waals surface area contributed by atoms with Crippen molar-refractivity contribution < 1.29 is 5.11 Å². The van der Waals surface area contributed by atoms with Gasteiger partial charge in [0.15, 0.2) is 0 Å². The Labute approximate surface area is 110 Å². The van der Waals surface area contributed by atoms with Gasteiger partial charge in [-0.25, -0.2) is 0 Å². The predicted molar refractivity (Wildman–Crippen MR) is 71.1 cm³/mol. The Hall–Kier alpha value is -0.120. The molecule has 2 bridgehead atoms. The summed E-state index contributed by atoms with van der Waals surface area (Å²) in [6, 6.07) is 0.785. The first-order valence-electron chi connectivity index (χ1n) is 7.83. The molecule has 3 nitrogen and oxygen atoms in total.